The van der Waals surface area contributed by atoms with E-state index in [4.69, 9.17) is 4.74 Å². The van der Waals surface area contributed by atoms with Crippen molar-refractivity contribution in [3.8, 4) is 0 Å². The number of esters is 1. The summed E-state index contributed by atoms with van der Waals surface area (Å²) in [7, 11) is 1.37. The second kappa shape index (κ2) is 10.6. The number of methoxy groups -OCH3 is 1. The Labute approximate surface area is 181 Å². The quantitative estimate of drug-likeness (QED) is 0.417. The van der Waals surface area contributed by atoms with Crippen LogP contribution < -0.4 is 5.32 Å². The van der Waals surface area contributed by atoms with Crippen LogP contribution in [-0.2, 0) is 9.53 Å². The Kier molecular flexibility index (Phi) is 7.69. The van der Waals surface area contributed by atoms with E-state index in [1.807, 2.05) is 54.6 Å². The Bertz CT molecular complexity index is 936. The molecule has 0 heterocycles. The topological polar surface area (TPSA) is 55.4 Å². The van der Waals surface area contributed by atoms with Crippen LogP contribution >= 0.6 is 11.8 Å². The molecule has 3 aromatic rings. The molecule has 0 radical (unpaired) electrons. The number of hydrogen-bond acceptors (Lipinski definition) is 4. The third kappa shape index (κ3) is 5.51. The van der Waals surface area contributed by atoms with Crippen LogP contribution in [-0.4, -0.2) is 30.8 Å². The fourth-order valence-corrected chi connectivity index (χ4v) is 4.27. The molecule has 4 nitrogen and oxygen atoms in total. The van der Waals surface area contributed by atoms with Gasteiger partial charge in [0.2, 0.25) is 0 Å². The van der Waals surface area contributed by atoms with Crippen molar-refractivity contribution in [3.05, 3.63) is 102 Å². The number of nitrogens with one attached hydrogen (secondary N) is 1. The summed E-state index contributed by atoms with van der Waals surface area (Å²) >= 11 is 1.32. The smallest absolute Gasteiger partial charge is 0.318 e. The van der Waals surface area contributed by atoms with E-state index in [1.165, 1.54) is 18.9 Å². The molecule has 0 spiro atoms. The summed E-state index contributed by atoms with van der Waals surface area (Å²) in [5, 5.41) is 2.69. The van der Waals surface area contributed by atoms with Crippen LogP contribution in [0.25, 0.3) is 0 Å². The number of hydrogen-bond donors (Lipinski definition) is 1. The number of carbonyl (C=O) groups is 2. The lowest BCUT2D eigenvalue weighted by Crippen LogP contribution is -2.29. The van der Waals surface area contributed by atoms with Crippen LogP contribution in [0.2, 0.25) is 0 Å². The molecule has 0 aliphatic rings. The van der Waals surface area contributed by atoms with Gasteiger partial charge in [0.05, 0.1) is 12.7 Å². The highest BCUT2D eigenvalue weighted by Crippen LogP contribution is 2.28. The molecule has 30 heavy (non-hydrogen) atoms. The molecule has 0 aliphatic heterocycles. The molecule has 0 aliphatic carbocycles. The number of amides is 1. The van der Waals surface area contributed by atoms with E-state index in [-0.39, 0.29) is 17.8 Å². The first kappa shape index (κ1) is 21.7. The van der Waals surface area contributed by atoms with E-state index in [1.54, 1.807) is 13.0 Å². The largest absolute Gasteiger partial charge is 0.468 e. The van der Waals surface area contributed by atoms with Gasteiger partial charge >= 0.3 is 5.97 Å². The van der Waals surface area contributed by atoms with Crippen molar-refractivity contribution in [2.45, 2.75) is 23.0 Å². The molecule has 0 fully saturated rings. The first-order valence-corrected chi connectivity index (χ1v) is 10.7. The van der Waals surface area contributed by atoms with Gasteiger partial charge in [-0.1, -0.05) is 72.8 Å². The Hall–Kier alpha value is -3.05. The van der Waals surface area contributed by atoms with Crippen molar-refractivity contribution in [3.63, 3.8) is 0 Å². The third-order valence-electron chi connectivity index (χ3n) is 4.84. The first-order chi connectivity index (χ1) is 14.6. The van der Waals surface area contributed by atoms with Crippen LogP contribution in [0.4, 0.5) is 0 Å². The van der Waals surface area contributed by atoms with E-state index in [2.05, 4.69) is 29.6 Å². The minimum absolute atomic E-state index is 0.0464. The molecule has 0 saturated carbocycles. The molecule has 1 atom stereocenters. The zero-order valence-corrected chi connectivity index (χ0v) is 17.9. The van der Waals surface area contributed by atoms with Gasteiger partial charge in [0.1, 0.15) is 5.25 Å². The van der Waals surface area contributed by atoms with E-state index in [0.717, 1.165) is 16.0 Å². The summed E-state index contributed by atoms with van der Waals surface area (Å²) in [6, 6.07) is 27.6. The predicted molar refractivity (Wildman–Crippen MR) is 121 cm³/mol. The second-order valence-corrected chi connectivity index (χ2v) is 8.25. The SMILES string of the molecule is COC(=O)C(C)Sc1ccccc1C(=O)NCC(c1ccccc1)c1ccccc1. The second-order valence-electron chi connectivity index (χ2n) is 6.86. The normalized spacial score (nSPS) is 11.7. The van der Waals surface area contributed by atoms with E-state index >= 15 is 0 Å². The van der Waals surface area contributed by atoms with Crippen molar-refractivity contribution in [2.75, 3.05) is 13.7 Å². The molecule has 1 amide bonds. The predicted octanol–water partition coefficient (Wildman–Crippen LogP) is 4.90. The van der Waals surface area contributed by atoms with Gasteiger partial charge in [-0.3, -0.25) is 9.59 Å². The fraction of sp³-hybridized carbons (Fsp3) is 0.200. The van der Waals surface area contributed by atoms with Crippen LogP contribution in [0.5, 0.6) is 0 Å². The zero-order chi connectivity index (χ0) is 21.3. The lowest BCUT2D eigenvalue weighted by molar-refractivity contribution is -0.139. The molecule has 3 aromatic carbocycles. The average Bonchev–Trinajstić information content (AvgIpc) is 2.80. The Morgan fingerprint density at radius 1 is 0.867 bits per heavy atom. The van der Waals surface area contributed by atoms with Crippen molar-refractivity contribution >= 4 is 23.6 Å². The molecule has 3 rings (SSSR count). The molecular formula is C25H25NO3S. The van der Waals surface area contributed by atoms with Gasteiger partial charge in [-0.25, -0.2) is 0 Å². The van der Waals surface area contributed by atoms with Gasteiger partial charge in [-0.15, -0.1) is 11.8 Å². The van der Waals surface area contributed by atoms with Gasteiger partial charge < -0.3 is 10.1 Å². The minimum atomic E-state index is -0.398. The molecule has 1 unspecified atom stereocenters. The average molecular weight is 420 g/mol. The van der Waals surface area contributed by atoms with Crippen LogP contribution in [0, 0.1) is 0 Å². The summed E-state index contributed by atoms with van der Waals surface area (Å²) in [4.78, 5) is 25.5. The van der Waals surface area contributed by atoms with Crippen LogP contribution in [0.1, 0.15) is 34.3 Å². The van der Waals surface area contributed by atoms with Gasteiger partial charge in [0.25, 0.3) is 5.91 Å². The maximum absolute atomic E-state index is 13.0. The number of benzene rings is 3. The maximum Gasteiger partial charge on any atom is 0.318 e. The summed E-state index contributed by atoms with van der Waals surface area (Å²) in [5.41, 5.74) is 2.84. The van der Waals surface area contributed by atoms with Crippen molar-refractivity contribution in [2.24, 2.45) is 0 Å². The Balaban J connectivity index is 1.77. The molecule has 0 bridgehead atoms. The lowest BCUT2D eigenvalue weighted by Gasteiger charge is -2.19. The highest BCUT2D eigenvalue weighted by Gasteiger charge is 2.20. The molecule has 154 valence electrons. The molecule has 1 N–H and O–H groups in total. The molecule has 0 aromatic heterocycles. The fourth-order valence-electron chi connectivity index (χ4n) is 3.25. The van der Waals surface area contributed by atoms with E-state index < -0.39 is 5.25 Å². The van der Waals surface area contributed by atoms with Gasteiger partial charge in [-0.05, 0) is 30.2 Å². The van der Waals surface area contributed by atoms with E-state index in [0.29, 0.717) is 12.1 Å². The highest BCUT2D eigenvalue weighted by molar-refractivity contribution is 8.00. The number of ether oxygens (including phenoxy) is 1. The van der Waals surface area contributed by atoms with Crippen LogP contribution in [0.3, 0.4) is 0 Å². The lowest BCUT2D eigenvalue weighted by atomic mass is 9.91. The van der Waals surface area contributed by atoms with Crippen molar-refractivity contribution in [1.82, 2.24) is 5.32 Å². The highest BCUT2D eigenvalue weighted by atomic mass is 32.2. The monoisotopic (exact) mass is 419 g/mol. The number of rotatable bonds is 8. The summed E-state index contributed by atoms with van der Waals surface area (Å²) in [5.74, 6) is -0.430. The van der Waals surface area contributed by atoms with Crippen molar-refractivity contribution in [1.29, 1.82) is 0 Å². The molecule has 0 saturated heterocycles. The molecular weight excluding hydrogens is 394 g/mol. The van der Waals surface area contributed by atoms with Gasteiger partial charge in [-0.2, -0.15) is 0 Å². The Morgan fingerprint density at radius 2 is 1.40 bits per heavy atom. The zero-order valence-electron chi connectivity index (χ0n) is 17.1. The van der Waals surface area contributed by atoms with Crippen molar-refractivity contribution < 1.29 is 14.3 Å². The van der Waals surface area contributed by atoms with Crippen LogP contribution in [0.15, 0.2) is 89.8 Å². The van der Waals surface area contributed by atoms with Gasteiger partial charge in [0, 0.05) is 17.4 Å². The summed E-state index contributed by atoms with van der Waals surface area (Å²) in [6.07, 6.45) is 0. The first-order valence-electron chi connectivity index (χ1n) is 9.81. The number of thioether (sulfide) groups is 1. The maximum atomic E-state index is 13.0. The number of carbonyl (C=O) groups excluding carboxylic acids is 2. The van der Waals surface area contributed by atoms with Gasteiger partial charge in [0.15, 0.2) is 0 Å². The summed E-state index contributed by atoms with van der Waals surface area (Å²) in [6.45, 7) is 2.24. The molecule has 5 heteroatoms. The third-order valence-corrected chi connectivity index (χ3v) is 6.00. The Morgan fingerprint density at radius 3 is 1.97 bits per heavy atom. The standard InChI is InChI=1S/C25H25NO3S/c1-18(25(28)29-2)30-23-16-10-9-15-21(23)24(27)26-17-22(19-11-5-3-6-12-19)20-13-7-4-8-14-20/h3-16,18,22H,17H2,1-2H3,(H,26,27). The minimum Gasteiger partial charge on any atom is -0.468 e. The summed E-state index contributed by atoms with van der Waals surface area (Å²) < 4.78 is 4.80. The van der Waals surface area contributed by atoms with E-state index in [9.17, 15) is 9.59 Å².